The molecular formula is C10H18N4O2S. The van der Waals surface area contributed by atoms with Crippen molar-refractivity contribution in [2.75, 3.05) is 13.6 Å². The lowest BCUT2D eigenvalue weighted by Gasteiger charge is -2.34. The average Bonchev–Trinajstić information content (AvgIpc) is 2.63. The molecule has 0 unspecified atom stereocenters. The summed E-state index contributed by atoms with van der Waals surface area (Å²) in [6, 6.07) is 0.245. The summed E-state index contributed by atoms with van der Waals surface area (Å²) in [6.45, 7) is 0.533. The lowest BCUT2D eigenvalue weighted by Crippen LogP contribution is -2.43. The second-order valence-electron chi connectivity index (χ2n) is 4.73. The van der Waals surface area contributed by atoms with Gasteiger partial charge in [0, 0.05) is 32.9 Å². The molecule has 0 amide bonds. The Labute approximate surface area is 101 Å². The van der Waals surface area contributed by atoms with Crippen LogP contribution in [0.15, 0.2) is 17.3 Å². The molecule has 1 fully saturated rings. The SMILES string of the molecule is CN(CC1CC(N)C1)S(=O)(=O)c1cnn(C)c1. The maximum Gasteiger partial charge on any atom is 0.245 e. The molecule has 2 N–H and O–H groups in total. The lowest BCUT2D eigenvalue weighted by atomic mass is 9.81. The van der Waals surface area contributed by atoms with Crippen molar-refractivity contribution in [3.63, 3.8) is 0 Å². The maximum absolute atomic E-state index is 12.1. The van der Waals surface area contributed by atoms with Crippen LogP contribution in [0.4, 0.5) is 0 Å². The molecule has 7 heteroatoms. The standard InChI is InChI=1S/C10H18N4O2S/c1-13-7-10(5-12-13)17(15,16)14(2)6-8-3-9(11)4-8/h5,7-9H,3-4,6,11H2,1-2H3. The Balaban J connectivity index is 2.05. The zero-order valence-electron chi connectivity index (χ0n) is 10.1. The van der Waals surface area contributed by atoms with E-state index in [2.05, 4.69) is 5.10 Å². The Morgan fingerprint density at radius 1 is 1.59 bits per heavy atom. The van der Waals surface area contributed by atoms with Crippen LogP contribution in [0.25, 0.3) is 0 Å². The molecule has 0 saturated heterocycles. The van der Waals surface area contributed by atoms with E-state index in [0.717, 1.165) is 12.8 Å². The third-order valence-corrected chi connectivity index (χ3v) is 4.95. The summed E-state index contributed by atoms with van der Waals surface area (Å²) in [5, 5.41) is 3.88. The molecule has 17 heavy (non-hydrogen) atoms. The van der Waals surface area contributed by atoms with Gasteiger partial charge in [-0.3, -0.25) is 4.68 Å². The van der Waals surface area contributed by atoms with Gasteiger partial charge in [0.1, 0.15) is 4.90 Å². The van der Waals surface area contributed by atoms with Crippen LogP contribution in [-0.4, -0.2) is 42.1 Å². The first-order chi connectivity index (χ1) is 7.89. The van der Waals surface area contributed by atoms with Gasteiger partial charge < -0.3 is 5.73 Å². The molecule has 1 aromatic heterocycles. The molecule has 2 rings (SSSR count). The second kappa shape index (κ2) is 4.40. The van der Waals surface area contributed by atoms with Gasteiger partial charge >= 0.3 is 0 Å². The Hall–Kier alpha value is -0.920. The smallest absolute Gasteiger partial charge is 0.245 e. The minimum atomic E-state index is -3.40. The zero-order chi connectivity index (χ0) is 12.6. The van der Waals surface area contributed by atoms with E-state index in [1.165, 1.54) is 21.4 Å². The van der Waals surface area contributed by atoms with Crippen LogP contribution in [0.1, 0.15) is 12.8 Å². The normalized spacial score (nSPS) is 24.9. The molecule has 0 aromatic carbocycles. The van der Waals surface area contributed by atoms with Crippen molar-refractivity contribution in [1.29, 1.82) is 0 Å². The number of rotatable bonds is 4. The summed E-state index contributed by atoms with van der Waals surface area (Å²) >= 11 is 0. The van der Waals surface area contributed by atoms with Crippen LogP contribution in [0.3, 0.4) is 0 Å². The molecule has 96 valence electrons. The Bertz CT molecular complexity index is 490. The van der Waals surface area contributed by atoms with E-state index in [1.807, 2.05) is 0 Å². The summed E-state index contributed by atoms with van der Waals surface area (Å²) in [4.78, 5) is 0.242. The van der Waals surface area contributed by atoms with Crippen LogP contribution < -0.4 is 5.73 Å². The quantitative estimate of drug-likeness (QED) is 0.809. The van der Waals surface area contributed by atoms with E-state index in [4.69, 9.17) is 5.73 Å². The molecule has 0 spiro atoms. The fourth-order valence-corrected chi connectivity index (χ4v) is 3.34. The number of sulfonamides is 1. The van der Waals surface area contributed by atoms with E-state index in [9.17, 15) is 8.42 Å². The van der Waals surface area contributed by atoms with Crippen LogP contribution in [0, 0.1) is 5.92 Å². The molecule has 0 atom stereocenters. The summed E-state index contributed by atoms with van der Waals surface area (Å²) in [5.74, 6) is 0.390. The van der Waals surface area contributed by atoms with E-state index < -0.39 is 10.0 Å². The fraction of sp³-hybridized carbons (Fsp3) is 0.700. The fourth-order valence-electron chi connectivity index (χ4n) is 2.11. The number of nitrogens with zero attached hydrogens (tertiary/aromatic N) is 3. The number of hydrogen-bond donors (Lipinski definition) is 1. The van der Waals surface area contributed by atoms with Gasteiger partial charge in [0.2, 0.25) is 10.0 Å². The lowest BCUT2D eigenvalue weighted by molar-refractivity contribution is 0.227. The van der Waals surface area contributed by atoms with Crippen LogP contribution in [-0.2, 0) is 17.1 Å². The molecule has 1 heterocycles. The summed E-state index contributed by atoms with van der Waals surface area (Å²) in [6.07, 6.45) is 4.70. The first kappa shape index (κ1) is 12.5. The van der Waals surface area contributed by atoms with Crippen molar-refractivity contribution in [2.24, 2.45) is 18.7 Å². The molecule has 1 aliphatic rings. The first-order valence-corrected chi connectivity index (χ1v) is 7.04. The highest BCUT2D eigenvalue weighted by molar-refractivity contribution is 7.89. The highest BCUT2D eigenvalue weighted by Crippen LogP contribution is 2.27. The highest BCUT2D eigenvalue weighted by atomic mass is 32.2. The molecular weight excluding hydrogens is 240 g/mol. The van der Waals surface area contributed by atoms with E-state index >= 15 is 0 Å². The highest BCUT2D eigenvalue weighted by Gasteiger charge is 2.31. The monoisotopic (exact) mass is 258 g/mol. The van der Waals surface area contributed by atoms with Crippen molar-refractivity contribution in [2.45, 2.75) is 23.8 Å². The molecule has 6 nitrogen and oxygen atoms in total. The van der Waals surface area contributed by atoms with Gasteiger partial charge in [-0.05, 0) is 18.8 Å². The van der Waals surface area contributed by atoms with E-state index in [1.54, 1.807) is 14.1 Å². The molecule has 0 bridgehead atoms. The molecule has 0 radical (unpaired) electrons. The van der Waals surface area contributed by atoms with Gasteiger partial charge in [0.05, 0.1) is 6.20 Å². The van der Waals surface area contributed by atoms with Crippen LogP contribution in [0.5, 0.6) is 0 Å². The van der Waals surface area contributed by atoms with Gasteiger partial charge in [0.25, 0.3) is 0 Å². The molecule has 1 aromatic rings. The topological polar surface area (TPSA) is 81.2 Å². The van der Waals surface area contributed by atoms with Crippen molar-refractivity contribution in [3.05, 3.63) is 12.4 Å². The average molecular weight is 258 g/mol. The minimum absolute atomic E-state index is 0.242. The first-order valence-electron chi connectivity index (χ1n) is 5.60. The maximum atomic E-state index is 12.1. The van der Waals surface area contributed by atoms with Crippen molar-refractivity contribution in [1.82, 2.24) is 14.1 Å². The predicted molar refractivity (Wildman–Crippen MR) is 63.7 cm³/mol. The number of aromatic nitrogens is 2. The Morgan fingerprint density at radius 3 is 2.71 bits per heavy atom. The van der Waals surface area contributed by atoms with Gasteiger partial charge in [-0.15, -0.1) is 0 Å². The van der Waals surface area contributed by atoms with Gasteiger partial charge in [-0.25, -0.2) is 12.7 Å². The van der Waals surface area contributed by atoms with E-state index in [0.29, 0.717) is 12.5 Å². The Morgan fingerprint density at radius 2 is 2.24 bits per heavy atom. The van der Waals surface area contributed by atoms with Gasteiger partial charge in [-0.1, -0.05) is 0 Å². The second-order valence-corrected chi connectivity index (χ2v) is 6.78. The van der Waals surface area contributed by atoms with Gasteiger partial charge in [0.15, 0.2) is 0 Å². The predicted octanol–water partition coefficient (Wildman–Crippen LogP) is -0.222. The largest absolute Gasteiger partial charge is 0.328 e. The van der Waals surface area contributed by atoms with Crippen LogP contribution >= 0.6 is 0 Å². The summed E-state index contributed by atoms with van der Waals surface area (Å²) in [5.41, 5.74) is 5.69. The van der Waals surface area contributed by atoms with E-state index in [-0.39, 0.29) is 10.9 Å². The third kappa shape index (κ3) is 2.51. The van der Waals surface area contributed by atoms with Crippen molar-refractivity contribution in [3.8, 4) is 0 Å². The summed E-state index contributed by atoms with van der Waals surface area (Å²) in [7, 11) is -0.0960. The van der Waals surface area contributed by atoms with Crippen molar-refractivity contribution >= 4 is 10.0 Å². The number of hydrogen-bond acceptors (Lipinski definition) is 4. The van der Waals surface area contributed by atoms with Gasteiger partial charge in [-0.2, -0.15) is 5.10 Å². The molecule has 0 aliphatic heterocycles. The minimum Gasteiger partial charge on any atom is -0.328 e. The van der Waals surface area contributed by atoms with Crippen LogP contribution in [0.2, 0.25) is 0 Å². The molecule has 1 saturated carbocycles. The number of aryl methyl sites for hydroxylation is 1. The molecule has 1 aliphatic carbocycles. The Kier molecular flexibility index (Phi) is 3.24. The third-order valence-electron chi connectivity index (χ3n) is 3.18. The number of nitrogens with two attached hydrogens (primary N) is 1. The van der Waals surface area contributed by atoms with Crippen molar-refractivity contribution < 1.29 is 8.42 Å². The zero-order valence-corrected chi connectivity index (χ0v) is 10.9. The summed E-state index contributed by atoms with van der Waals surface area (Å²) < 4.78 is 27.2.